The Morgan fingerprint density at radius 3 is 3.00 bits per heavy atom. The zero-order chi connectivity index (χ0) is 12.3. The third kappa shape index (κ3) is 2.42. The molecule has 0 aromatic carbocycles. The van der Waals surface area contributed by atoms with Gasteiger partial charge in [0.05, 0.1) is 12.4 Å². The standard InChI is InChI=1S/C11H13FN4O/c1-2-16-7-9(6-15-16)17-11-10(12)8(5-13)3-4-14-11/h3-4,6-7H,2,5,13H2,1H3. The molecule has 2 aromatic heterocycles. The van der Waals surface area contributed by atoms with Crippen LogP contribution in [0.25, 0.3) is 0 Å². The average molecular weight is 236 g/mol. The van der Waals surface area contributed by atoms with Gasteiger partial charge in [-0.05, 0) is 13.0 Å². The third-order valence-corrected chi connectivity index (χ3v) is 2.31. The molecule has 0 aliphatic rings. The van der Waals surface area contributed by atoms with Crippen LogP contribution in [0.5, 0.6) is 11.6 Å². The molecule has 0 saturated carbocycles. The van der Waals surface area contributed by atoms with Gasteiger partial charge in [0, 0.05) is 24.8 Å². The number of aromatic nitrogens is 3. The molecule has 0 aliphatic heterocycles. The highest BCUT2D eigenvalue weighted by Gasteiger charge is 2.11. The van der Waals surface area contributed by atoms with Crippen LogP contribution in [0.1, 0.15) is 12.5 Å². The summed E-state index contributed by atoms with van der Waals surface area (Å²) >= 11 is 0. The summed E-state index contributed by atoms with van der Waals surface area (Å²) in [4.78, 5) is 3.83. The number of hydrogen-bond acceptors (Lipinski definition) is 4. The van der Waals surface area contributed by atoms with Gasteiger partial charge in [-0.2, -0.15) is 5.10 Å². The van der Waals surface area contributed by atoms with E-state index in [2.05, 4.69) is 10.1 Å². The maximum atomic E-state index is 13.8. The fourth-order valence-electron chi connectivity index (χ4n) is 1.37. The van der Waals surface area contributed by atoms with Gasteiger partial charge in [-0.1, -0.05) is 0 Å². The van der Waals surface area contributed by atoms with Gasteiger partial charge in [0.15, 0.2) is 11.6 Å². The van der Waals surface area contributed by atoms with E-state index in [1.165, 1.54) is 18.5 Å². The Labute approximate surface area is 98.0 Å². The van der Waals surface area contributed by atoms with E-state index in [9.17, 15) is 4.39 Å². The van der Waals surface area contributed by atoms with Crippen molar-refractivity contribution < 1.29 is 9.13 Å². The van der Waals surface area contributed by atoms with Crippen LogP contribution < -0.4 is 10.5 Å². The second kappa shape index (κ2) is 4.92. The van der Waals surface area contributed by atoms with Crippen molar-refractivity contribution >= 4 is 0 Å². The molecular formula is C11H13FN4O. The topological polar surface area (TPSA) is 66.0 Å². The van der Waals surface area contributed by atoms with Crippen LogP contribution in [0.4, 0.5) is 4.39 Å². The molecule has 6 heteroatoms. The maximum Gasteiger partial charge on any atom is 0.256 e. The Balaban J connectivity index is 2.23. The van der Waals surface area contributed by atoms with Crippen LogP contribution in [-0.2, 0) is 13.1 Å². The van der Waals surface area contributed by atoms with Gasteiger partial charge in [-0.15, -0.1) is 0 Å². The number of hydrogen-bond donors (Lipinski definition) is 1. The summed E-state index contributed by atoms with van der Waals surface area (Å²) < 4.78 is 20.7. The van der Waals surface area contributed by atoms with Crippen LogP contribution in [0.3, 0.4) is 0 Å². The molecule has 0 aliphatic carbocycles. The van der Waals surface area contributed by atoms with Crippen LogP contribution in [0, 0.1) is 5.82 Å². The van der Waals surface area contributed by atoms with E-state index in [-0.39, 0.29) is 12.4 Å². The highest BCUT2D eigenvalue weighted by Crippen LogP contribution is 2.23. The normalized spacial score (nSPS) is 10.5. The second-order valence-corrected chi connectivity index (χ2v) is 3.43. The SMILES string of the molecule is CCn1cc(Oc2nccc(CN)c2F)cn1. The van der Waals surface area contributed by atoms with Crippen LogP contribution in [0.15, 0.2) is 24.7 Å². The summed E-state index contributed by atoms with van der Waals surface area (Å²) in [5.41, 5.74) is 5.77. The van der Waals surface area contributed by atoms with Crippen molar-refractivity contribution in [1.82, 2.24) is 14.8 Å². The minimum atomic E-state index is -0.528. The number of nitrogens with zero attached hydrogens (tertiary/aromatic N) is 3. The molecule has 0 fully saturated rings. The van der Waals surface area contributed by atoms with Crippen molar-refractivity contribution in [2.75, 3.05) is 0 Å². The first kappa shape index (κ1) is 11.5. The van der Waals surface area contributed by atoms with Gasteiger partial charge in [0.1, 0.15) is 0 Å². The van der Waals surface area contributed by atoms with E-state index >= 15 is 0 Å². The quantitative estimate of drug-likeness (QED) is 0.877. The monoisotopic (exact) mass is 236 g/mol. The number of nitrogens with two attached hydrogens (primary N) is 1. The van der Waals surface area contributed by atoms with Crippen molar-refractivity contribution in [1.29, 1.82) is 0 Å². The molecule has 0 amide bonds. The first-order chi connectivity index (χ1) is 8.24. The number of rotatable bonds is 4. The zero-order valence-electron chi connectivity index (χ0n) is 9.43. The molecule has 17 heavy (non-hydrogen) atoms. The molecule has 5 nitrogen and oxygen atoms in total. The minimum absolute atomic E-state index is 0.0800. The zero-order valence-corrected chi connectivity index (χ0v) is 9.43. The number of pyridine rings is 1. The van der Waals surface area contributed by atoms with Crippen molar-refractivity contribution in [3.8, 4) is 11.6 Å². The fraction of sp³-hybridized carbons (Fsp3) is 0.273. The maximum absolute atomic E-state index is 13.8. The lowest BCUT2D eigenvalue weighted by Gasteiger charge is -2.05. The first-order valence-corrected chi connectivity index (χ1v) is 5.28. The van der Waals surface area contributed by atoms with Gasteiger partial charge in [-0.25, -0.2) is 9.37 Å². The van der Waals surface area contributed by atoms with Gasteiger partial charge in [-0.3, -0.25) is 4.68 Å². The molecule has 0 atom stereocenters. The molecule has 2 N–H and O–H groups in total. The highest BCUT2D eigenvalue weighted by molar-refractivity contribution is 5.27. The van der Waals surface area contributed by atoms with Crippen molar-refractivity contribution in [3.05, 3.63) is 36.0 Å². The van der Waals surface area contributed by atoms with Gasteiger partial charge < -0.3 is 10.5 Å². The lowest BCUT2D eigenvalue weighted by Crippen LogP contribution is -2.02. The van der Waals surface area contributed by atoms with Gasteiger partial charge in [0.2, 0.25) is 0 Å². The van der Waals surface area contributed by atoms with E-state index in [1.54, 1.807) is 10.9 Å². The van der Waals surface area contributed by atoms with Crippen LogP contribution in [0.2, 0.25) is 0 Å². The van der Waals surface area contributed by atoms with E-state index in [0.717, 1.165) is 6.54 Å². The molecule has 2 aromatic rings. The molecule has 0 unspecified atom stereocenters. The van der Waals surface area contributed by atoms with Gasteiger partial charge >= 0.3 is 0 Å². The second-order valence-electron chi connectivity index (χ2n) is 3.43. The Morgan fingerprint density at radius 2 is 2.35 bits per heavy atom. The summed E-state index contributed by atoms with van der Waals surface area (Å²) in [5.74, 6) is -0.157. The predicted molar refractivity (Wildman–Crippen MR) is 60.1 cm³/mol. The molecule has 0 saturated heterocycles. The summed E-state index contributed by atoms with van der Waals surface area (Å²) in [6.07, 6.45) is 4.65. The summed E-state index contributed by atoms with van der Waals surface area (Å²) in [6, 6.07) is 1.53. The molecular weight excluding hydrogens is 223 g/mol. The summed E-state index contributed by atoms with van der Waals surface area (Å²) in [5, 5.41) is 4.02. The number of halogens is 1. The van der Waals surface area contributed by atoms with E-state index in [1.807, 2.05) is 6.92 Å². The van der Waals surface area contributed by atoms with Gasteiger partial charge in [0.25, 0.3) is 5.88 Å². The predicted octanol–water partition coefficient (Wildman–Crippen LogP) is 1.69. The number of aryl methyl sites for hydroxylation is 1. The van der Waals surface area contributed by atoms with Crippen molar-refractivity contribution in [2.45, 2.75) is 20.0 Å². The van der Waals surface area contributed by atoms with Crippen LogP contribution in [-0.4, -0.2) is 14.8 Å². The van der Waals surface area contributed by atoms with Crippen LogP contribution >= 0.6 is 0 Å². The molecule has 0 spiro atoms. The Morgan fingerprint density at radius 1 is 1.53 bits per heavy atom. The lowest BCUT2D eigenvalue weighted by molar-refractivity contribution is 0.418. The molecule has 2 heterocycles. The fourth-order valence-corrected chi connectivity index (χ4v) is 1.37. The van der Waals surface area contributed by atoms with E-state index < -0.39 is 5.82 Å². The Kier molecular flexibility index (Phi) is 3.34. The largest absolute Gasteiger partial charge is 0.433 e. The summed E-state index contributed by atoms with van der Waals surface area (Å²) in [6.45, 7) is 2.78. The van der Waals surface area contributed by atoms with Crippen molar-refractivity contribution in [3.63, 3.8) is 0 Å². The minimum Gasteiger partial charge on any atom is -0.433 e. The Bertz CT molecular complexity index is 512. The molecule has 0 radical (unpaired) electrons. The smallest absolute Gasteiger partial charge is 0.256 e. The molecule has 90 valence electrons. The highest BCUT2D eigenvalue weighted by atomic mass is 19.1. The summed E-state index contributed by atoms with van der Waals surface area (Å²) in [7, 11) is 0. The van der Waals surface area contributed by atoms with E-state index in [0.29, 0.717) is 11.3 Å². The lowest BCUT2D eigenvalue weighted by atomic mass is 10.2. The third-order valence-electron chi connectivity index (χ3n) is 2.31. The van der Waals surface area contributed by atoms with Crippen molar-refractivity contribution in [2.24, 2.45) is 5.73 Å². The van der Waals surface area contributed by atoms with E-state index in [4.69, 9.17) is 10.5 Å². The molecule has 0 bridgehead atoms. The first-order valence-electron chi connectivity index (χ1n) is 5.28. The average Bonchev–Trinajstić information content (AvgIpc) is 2.79. The number of ether oxygens (including phenoxy) is 1. The molecule has 2 rings (SSSR count). The Hall–Kier alpha value is -1.95.